The van der Waals surface area contributed by atoms with E-state index in [-0.39, 0.29) is 17.9 Å². The third-order valence-electron chi connectivity index (χ3n) is 2.93. The van der Waals surface area contributed by atoms with E-state index in [1.165, 1.54) is 0 Å². The van der Waals surface area contributed by atoms with Crippen molar-refractivity contribution in [3.63, 3.8) is 0 Å². The molecule has 98 valence electrons. The average molecular weight is 242 g/mol. The van der Waals surface area contributed by atoms with Crippen LogP contribution < -0.4 is 10.6 Å². The summed E-state index contributed by atoms with van der Waals surface area (Å²) in [6.45, 7) is 4.84. The van der Waals surface area contributed by atoms with Gasteiger partial charge in [0.05, 0.1) is 0 Å². The first-order valence-electron chi connectivity index (χ1n) is 6.24. The van der Waals surface area contributed by atoms with E-state index in [0.717, 1.165) is 19.4 Å². The molecule has 1 rings (SSSR count). The van der Waals surface area contributed by atoms with Gasteiger partial charge < -0.3 is 15.7 Å². The molecule has 1 saturated heterocycles. The third kappa shape index (κ3) is 5.17. The summed E-state index contributed by atoms with van der Waals surface area (Å²) in [7, 11) is 0. The fourth-order valence-corrected chi connectivity index (χ4v) is 2.10. The van der Waals surface area contributed by atoms with E-state index in [9.17, 15) is 9.59 Å². The van der Waals surface area contributed by atoms with Crippen LogP contribution in [-0.4, -0.2) is 35.6 Å². The number of amides is 1. The Hall–Kier alpha value is -1.10. The van der Waals surface area contributed by atoms with E-state index >= 15 is 0 Å². The highest BCUT2D eigenvalue weighted by Crippen LogP contribution is 2.10. The van der Waals surface area contributed by atoms with Crippen molar-refractivity contribution < 1.29 is 14.7 Å². The molecule has 1 amide bonds. The largest absolute Gasteiger partial charge is 0.480 e. The molecule has 0 saturated carbocycles. The SMILES string of the molecule is CC(C)C[C@@H](NC(=O)CC1CCCN1)C(=O)O. The highest BCUT2D eigenvalue weighted by molar-refractivity contribution is 5.83. The topological polar surface area (TPSA) is 78.4 Å². The van der Waals surface area contributed by atoms with Crippen LogP contribution in [0.1, 0.15) is 39.5 Å². The zero-order valence-corrected chi connectivity index (χ0v) is 10.5. The molecule has 0 radical (unpaired) electrons. The number of aliphatic carboxylic acids is 1. The number of hydrogen-bond donors (Lipinski definition) is 3. The van der Waals surface area contributed by atoms with Gasteiger partial charge in [0, 0.05) is 12.5 Å². The van der Waals surface area contributed by atoms with E-state index in [4.69, 9.17) is 5.11 Å². The van der Waals surface area contributed by atoms with Crippen LogP contribution in [0, 0.1) is 5.92 Å². The first-order chi connectivity index (χ1) is 7.99. The zero-order chi connectivity index (χ0) is 12.8. The highest BCUT2D eigenvalue weighted by Gasteiger charge is 2.23. The average Bonchev–Trinajstić information content (AvgIpc) is 2.68. The minimum atomic E-state index is -0.952. The van der Waals surface area contributed by atoms with Gasteiger partial charge in [-0.15, -0.1) is 0 Å². The fourth-order valence-electron chi connectivity index (χ4n) is 2.10. The van der Waals surface area contributed by atoms with Crippen LogP contribution in [0.25, 0.3) is 0 Å². The molecule has 0 aromatic rings. The Morgan fingerprint density at radius 1 is 1.47 bits per heavy atom. The Kier molecular flexibility index (Phi) is 5.41. The predicted molar refractivity (Wildman–Crippen MR) is 64.7 cm³/mol. The van der Waals surface area contributed by atoms with Crippen molar-refractivity contribution in [2.24, 2.45) is 5.92 Å². The molecule has 1 aliphatic rings. The van der Waals surface area contributed by atoms with Crippen LogP contribution in [0.2, 0.25) is 0 Å². The molecule has 0 aliphatic carbocycles. The van der Waals surface area contributed by atoms with Crippen LogP contribution in [0.5, 0.6) is 0 Å². The first kappa shape index (κ1) is 14.0. The number of nitrogens with one attached hydrogen (secondary N) is 2. The van der Waals surface area contributed by atoms with Gasteiger partial charge in [0.15, 0.2) is 0 Å². The zero-order valence-electron chi connectivity index (χ0n) is 10.5. The summed E-state index contributed by atoms with van der Waals surface area (Å²) >= 11 is 0. The molecule has 5 heteroatoms. The van der Waals surface area contributed by atoms with Crippen LogP contribution >= 0.6 is 0 Å². The molecule has 1 unspecified atom stereocenters. The Labute approximate surface area is 102 Å². The highest BCUT2D eigenvalue weighted by atomic mass is 16.4. The predicted octanol–water partition coefficient (Wildman–Crippen LogP) is 0.744. The van der Waals surface area contributed by atoms with E-state index < -0.39 is 12.0 Å². The number of carbonyl (C=O) groups excluding carboxylic acids is 1. The Bertz CT molecular complexity index is 273. The van der Waals surface area contributed by atoms with Crippen molar-refractivity contribution in [3.8, 4) is 0 Å². The van der Waals surface area contributed by atoms with Gasteiger partial charge in [0.25, 0.3) is 0 Å². The lowest BCUT2D eigenvalue weighted by Gasteiger charge is -2.17. The van der Waals surface area contributed by atoms with Crippen molar-refractivity contribution in [3.05, 3.63) is 0 Å². The molecule has 3 N–H and O–H groups in total. The monoisotopic (exact) mass is 242 g/mol. The quantitative estimate of drug-likeness (QED) is 0.642. The maximum absolute atomic E-state index is 11.7. The summed E-state index contributed by atoms with van der Waals surface area (Å²) in [4.78, 5) is 22.7. The molecule has 0 aromatic heterocycles. The molecule has 1 heterocycles. The molecular weight excluding hydrogens is 220 g/mol. The standard InChI is InChI=1S/C12H22N2O3/c1-8(2)6-10(12(16)17)14-11(15)7-9-4-3-5-13-9/h8-10,13H,3-7H2,1-2H3,(H,14,15)(H,16,17)/t9?,10-/m1/s1. The van der Waals surface area contributed by atoms with Crippen molar-refractivity contribution in [1.29, 1.82) is 0 Å². The lowest BCUT2D eigenvalue weighted by molar-refractivity contribution is -0.142. The summed E-state index contributed by atoms with van der Waals surface area (Å²) in [5.74, 6) is -0.870. The van der Waals surface area contributed by atoms with Crippen LogP contribution in [0.3, 0.4) is 0 Å². The van der Waals surface area contributed by atoms with Crippen molar-refractivity contribution in [1.82, 2.24) is 10.6 Å². The van der Waals surface area contributed by atoms with Crippen LogP contribution in [-0.2, 0) is 9.59 Å². The molecule has 1 fully saturated rings. The Morgan fingerprint density at radius 3 is 2.65 bits per heavy atom. The second kappa shape index (κ2) is 6.59. The summed E-state index contributed by atoms with van der Waals surface area (Å²) in [6, 6.07) is -0.549. The van der Waals surface area contributed by atoms with Crippen LogP contribution in [0.4, 0.5) is 0 Å². The fraction of sp³-hybridized carbons (Fsp3) is 0.833. The van der Waals surface area contributed by atoms with Gasteiger partial charge >= 0.3 is 5.97 Å². The molecule has 0 aromatic carbocycles. The summed E-state index contributed by atoms with van der Waals surface area (Å²) in [6.07, 6.45) is 2.93. The number of hydrogen-bond acceptors (Lipinski definition) is 3. The molecule has 0 spiro atoms. The summed E-state index contributed by atoms with van der Waals surface area (Å²) in [5.41, 5.74) is 0. The van der Waals surface area contributed by atoms with E-state index in [2.05, 4.69) is 10.6 Å². The van der Waals surface area contributed by atoms with E-state index in [1.807, 2.05) is 13.8 Å². The Balaban J connectivity index is 2.37. The lowest BCUT2D eigenvalue weighted by atomic mass is 10.0. The molecular formula is C12H22N2O3. The molecule has 1 aliphatic heterocycles. The minimum Gasteiger partial charge on any atom is -0.480 e. The second-order valence-corrected chi connectivity index (χ2v) is 5.09. The van der Waals surface area contributed by atoms with Gasteiger partial charge in [-0.2, -0.15) is 0 Å². The van der Waals surface area contributed by atoms with E-state index in [1.54, 1.807) is 0 Å². The van der Waals surface area contributed by atoms with Gasteiger partial charge in [-0.1, -0.05) is 13.8 Å². The maximum Gasteiger partial charge on any atom is 0.326 e. The van der Waals surface area contributed by atoms with Crippen molar-refractivity contribution in [2.75, 3.05) is 6.54 Å². The smallest absolute Gasteiger partial charge is 0.326 e. The van der Waals surface area contributed by atoms with Gasteiger partial charge in [0.2, 0.25) is 5.91 Å². The van der Waals surface area contributed by atoms with E-state index in [0.29, 0.717) is 12.8 Å². The van der Waals surface area contributed by atoms with Gasteiger partial charge in [-0.05, 0) is 31.7 Å². The minimum absolute atomic E-state index is 0.169. The molecule has 17 heavy (non-hydrogen) atoms. The van der Waals surface area contributed by atoms with Gasteiger partial charge in [-0.3, -0.25) is 4.79 Å². The number of carboxylic acid groups (broad SMARTS) is 1. The summed E-state index contributed by atoms with van der Waals surface area (Å²) in [5, 5.41) is 14.8. The molecule has 5 nitrogen and oxygen atoms in total. The number of carbonyl (C=O) groups is 2. The first-order valence-corrected chi connectivity index (χ1v) is 6.24. The number of rotatable bonds is 6. The molecule has 0 bridgehead atoms. The second-order valence-electron chi connectivity index (χ2n) is 5.09. The molecule has 2 atom stereocenters. The third-order valence-corrected chi connectivity index (χ3v) is 2.93. The Morgan fingerprint density at radius 2 is 2.18 bits per heavy atom. The normalized spacial score (nSPS) is 21.5. The van der Waals surface area contributed by atoms with Crippen molar-refractivity contribution >= 4 is 11.9 Å². The van der Waals surface area contributed by atoms with Crippen molar-refractivity contribution in [2.45, 2.75) is 51.6 Å². The number of carboxylic acids is 1. The summed E-state index contributed by atoms with van der Waals surface area (Å²) < 4.78 is 0. The van der Waals surface area contributed by atoms with Gasteiger partial charge in [-0.25, -0.2) is 4.79 Å². The van der Waals surface area contributed by atoms with Gasteiger partial charge in [0.1, 0.15) is 6.04 Å². The van der Waals surface area contributed by atoms with Crippen LogP contribution in [0.15, 0.2) is 0 Å². The maximum atomic E-state index is 11.7. The lowest BCUT2D eigenvalue weighted by Crippen LogP contribution is -2.43.